The second-order valence-corrected chi connectivity index (χ2v) is 3.36. The van der Waals surface area contributed by atoms with Crippen LogP contribution in [0.1, 0.15) is 16.4 Å². The van der Waals surface area contributed by atoms with E-state index in [9.17, 15) is 4.79 Å². The highest BCUT2D eigenvalue weighted by Gasteiger charge is 2.25. The fourth-order valence-electron chi connectivity index (χ4n) is 1.56. The zero-order valence-corrected chi connectivity index (χ0v) is 10.6. The molecule has 2 rings (SSSR count). The molecule has 8 heteroatoms. The van der Waals surface area contributed by atoms with Crippen LogP contribution < -0.4 is 5.73 Å². The summed E-state index contributed by atoms with van der Waals surface area (Å²) in [7, 11) is 1.77. The minimum absolute atomic E-state index is 0. The Kier molecular flexibility index (Phi) is 5.71. The minimum Gasteiger partial charge on any atom is -0.337 e. The molecular weight excluding hydrogens is 253 g/mol. The number of amides is 1. The molecule has 0 saturated heterocycles. The van der Waals surface area contributed by atoms with Gasteiger partial charge >= 0.3 is 0 Å². The molecule has 0 unspecified atom stereocenters. The zero-order chi connectivity index (χ0) is 10.1. The molecule has 0 spiro atoms. The van der Waals surface area contributed by atoms with Crippen molar-refractivity contribution in [1.29, 1.82) is 0 Å². The van der Waals surface area contributed by atoms with Crippen molar-refractivity contribution in [1.82, 2.24) is 19.7 Å². The van der Waals surface area contributed by atoms with Gasteiger partial charge in [-0.3, -0.25) is 4.79 Å². The normalized spacial score (nSPS) is 13.9. The molecule has 1 aliphatic rings. The first kappa shape index (κ1) is 15.2. The summed E-state index contributed by atoms with van der Waals surface area (Å²) in [5, 5.41) is 7.83. The smallest absolute Gasteiger partial charge is 0.291 e. The van der Waals surface area contributed by atoms with E-state index in [0.29, 0.717) is 25.3 Å². The second kappa shape index (κ2) is 6.03. The predicted octanol–water partition coefficient (Wildman–Crippen LogP) is -0.292. The van der Waals surface area contributed by atoms with Gasteiger partial charge in [0.15, 0.2) is 0 Å². The van der Waals surface area contributed by atoms with Crippen LogP contribution in [-0.2, 0) is 13.0 Å². The summed E-state index contributed by atoms with van der Waals surface area (Å²) in [6.07, 6.45) is 0.671. The number of nitrogens with two attached hydrogens (primary N) is 1. The van der Waals surface area contributed by atoms with E-state index in [0.717, 1.165) is 12.4 Å². The lowest BCUT2D eigenvalue weighted by atomic mass is 10.3. The molecule has 92 valence electrons. The summed E-state index contributed by atoms with van der Waals surface area (Å²) in [4.78, 5) is 13.3. The molecule has 0 saturated carbocycles. The standard InChI is InChI=1S/C8H13N5O.2ClH/c1-12-4-5-13-6(2-3-9)10-11-7(13)8(12)14;;/h2-5,9H2,1H3;2*1H. The van der Waals surface area contributed by atoms with Crippen LogP contribution in [0.3, 0.4) is 0 Å². The molecule has 2 N–H and O–H groups in total. The monoisotopic (exact) mass is 267 g/mol. The van der Waals surface area contributed by atoms with Crippen LogP contribution in [0, 0.1) is 0 Å². The van der Waals surface area contributed by atoms with Gasteiger partial charge in [-0.2, -0.15) is 0 Å². The molecule has 0 aliphatic carbocycles. The van der Waals surface area contributed by atoms with Gasteiger partial charge < -0.3 is 15.2 Å². The number of likely N-dealkylation sites (N-methyl/N-ethyl adjacent to an activating group) is 1. The first-order valence-corrected chi connectivity index (χ1v) is 4.61. The molecule has 6 nitrogen and oxygen atoms in total. The van der Waals surface area contributed by atoms with E-state index >= 15 is 0 Å². The molecule has 0 fully saturated rings. The highest BCUT2D eigenvalue weighted by Crippen LogP contribution is 2.10. The van der Waals surface area contributed by atoms with Crippen molar-refractivity contribution in [3.05, 3.63) is 11.6 Å². The Morgan fingerprint density at radius 3 is 2.62 bits per heavy atom. The Morgan fingerprint density at radius 1 is 1.31 bits per heavy atom. The summed E-state index contributed by atoms with van der Waals surface area (Å²) >= 11 is 0. The van der Waals surface area contributed by atoms with Crippen LogP contribution in [0.25, 0.3) is 0 Å². The summed E-state index contributed by atoms with van der Waals surface area (Å²) in [6, 6.07) is 0. The maximum atomic E-state index is 11.6. The SMILES string of the molecule is CN1CCn2c(CCN)nnc2C1=O.Cl.Cl. The number of halogens is 2. The van der Waals surface area contributed by atoms with Crippen LogP contribution >= 0.6 is 24.8 Å². The first-order valence-electron chi connectivity index (χ1n) is 4.61. The third kappa shape index (κ3) is 2.45. The van der Waals surface area contributed by atoms with E-state index in [-0.39, 0.29) is 30.7 Å². The van der Waals surface area contributed by atoms with Crippen molar-refractivity contribution in [2.75, 3.05) is 20.1 Å². The quantitative estimate of drug-likeness (QED) is 0.799. The highest BCUT2D eigenvalue weighted by atomic mass is 35.5. The van der Waals surface area contributed by atoms with Crippen LogP contribution in [0.15, 0.2) is 0 Å². The van der Waals surface area contributed by atoms with E-state index in [1.54, 1.807) is 11.9 Å². The number of hydrogen-bond donors (Lipinski definition) is 1. The first-order chi connectivity index (χ1) is 6.74. The molecule has 1 aromatic heterocycles. The Morgan fingerprint density at radius 2 is 2.00 bits per heavy atom. The lowest BCUT2D eigenvalue weighted by molar-refractivity contribution is 0.0740. The lowest BCUT2D eigenvalue weighted by Crippen LogP contribution is -2.38. The zero-order valence-electron chi connectivity index (χ0n) is 8.92. The van der Waals surface area contributed by atoms with Gasteiger partial charge in [0.2, 0.25) is 5.82 Å². The predicted molar refractivity (Wildman–Crippen MR) is 64.2 cm³/mol. The Balaban J connectivity index is 0.00000112. The Hall–Kier alpha value is -0.850. The number of rotatable bonds is 2. The van der Waals surface area contributed by atoms with E-state index < -0.39 is 0 Å². The molecule has 0 bridgehead atoms. The molecule has 1 amide bonds. The van der Waals surface area contributed by atoms with Crippen LogP contribution in [0.4, 0.5) is 0 Å². The third-order valence-corrected chi connectivity index (χ3v) is 2.39. The van der Waals surface area contributed by atoms with Gasteiger partial charge in [-0.15, -0.1) is 35.0 Å². The molecule has 16 heavy (non-hydrogen) atoms. The van der Waals surface area contributed by atoms with E-state index in [1.165, 1.54) is 0 Å². The van der Waals surface area contributed by atoms with Gasteiger partial charge in [0, 0.05) is 26.6 Å². The van der Waals surface area contributed by atoms with Crippen molar-refractivity contribution in [3.8, 4) is 0 Å². The minimum atomic E-state index is -0.0629. The molecule has 1 aromatic rings. The largest absolute Gasteiger partial charge is 0.337 e. The molecule has 0 atom stereocenters. The Labute approximate surface area is 106 Å². The van der Waals surface area contributed by atoms with Crippen molar-refractivity contribution in [2.45, 2.75) is 13.0 Å². The number of carbonyl (C=O) groups is 1. The van der Waals surface area contributed by atoms with Crippen LogP contribution in [-0.4, -0.2) is 45.7 Å². The van der Waals surface area contributed by atoms with Crippen molar-refractivity contribution in [2.24, 2.45) is 5.73 Å². The van der Waals surface area contributed by atoms with E-state index in [4.69, 9.17) is 5.73 Å². The fourth-order valence-corrected chi connectivity index (χ4v) is 1.56. The average Bonchev–Trinajstić information content (AvgIpc) is 2.57. The number of fused-ring (bicyclic) bond motifs is 1. The maximum absolute atomic E-state index is 11.6. The maximum Gasteiger partial charge on any atom is 0.291 e. The third-order valence-electron chi connectivity index (χ3n) is 2.39. The van der Waals surface area contributed by atoms with Gasteiger partial charge in [-0.1, -0.05) is 0 Å². The van der Waals surface area contributed by atoms with Crippen molar-refractivity contribution >= 4 is 30.7 Å². The molecule has 0 radical (unpaired) electrons. The number of carbonyl (C=O) groups excluding carboxylic acids is 1. The highest BCUT2D eigenvalue weighted by molar-refractivity contribution is 5.91. The van der Waals surface area contributed by atoms with Crippen LogP contribution in [0.2, 0.25) is 0 Å². The van der Waals surface area contributed by atoms with E-state index in [1.807, 2.05) is 4.57 Å². The average molecular weight is 268 g/mol. The van der Waals surface area contributed by atoms with Crippen LogP contribution in [0.5, 0.6) is 0 Å². The molecule has 1 aliphatic heterocycles. The molecular formula is C8H15Cl2N5O. The Bertz CT molecular complexity index is 367. The second-order valence-electron chi connectivity index (χ2n) is 3.36. The van der Waals surface area contributed by atoms with E-state index in [2.05, 4.69) is 10.2 Å². The van der Waals surface area contributed by atoms with Gasteiger partial charge in [0.25, 0.3) is 5.91 Å². The van der Waals surface area contributed by atoms with Crippen molar-refractivity contribution < 1.29 is 4.79 Å². The molecule has 0 aromatic carbocycles. The fraction of sp³-hybridized carbons (Fsp3) is 0.625. The summed E-state index contributed by atoms with van der Waals surface area (Å²) < 4.78 is 1.86. The number of hydrogen-bond acceptors (Lipinski definition) is 4. The summed E-state index contributed by atoms with van der Waals surface area (Å²) in [5.41, 5.74) is 5.44. The van der Waals surface area contributed by atoms with Gasteiger partial charge in [-0.25, -0.2) is 0 Å². The van der Waals surface area contributed by atoms with Gasteiger partial charge in [0.1, 0.15) is 5.82 Å². The summed E-state index contributed by atoms with van der Waals surface area (Å²) in [5.74, 6) is 1.18. The summed E-state index contributed by atoms with van der Waals surface area (Å²) in [6.45, 7) is 2.00. The van der Waals surface area contributed by atoms with Gasteiger partial charge in [-0.05, 0) is 6.54 Å². The number of aromatic nitrogens is 3. The molecule has 2 heterocycles. The topological polar surface area (TPSA) is 77.0 Å². The number of nitrogens with zero attached hydrogens (tertiary/aromatic N) is 4. The van der Waals surface area contributed by atoms with Crippen molar-refractivity contribution in [3.63, 3.8) is 0 Å². The van der Waals surface area contributed by atoms with Gasteiger partial charge in [0.05, 0.1) is 0 Å². The lowest BCUT2D eigenvalue weighted by Gasteiger charge is -2.23.